The molecule has 5 nitrogen and oxygen atoms in total. The Bertz CT molecular complexity index is 279. The van der Waals surface area contributed by atoms with E-state index < -0.39 is 16.4 Å². The maximum Gasteiger partial charge on any atom is 0.366 e. The molecule has 0 aliphatic rings. The quantitative estimate of drug-likeness (QED) is 0.481. The van der Waals surface area contributed by atoms with Crippen LogP contribution in [-0.4, -0.2) is 52.5 Å². The predicted octanol–water partition coefficient (Wildman–Crippen LogP) is 1.01. The van der Waals surface area contributed by atoms with Crippen LogP contribution in [0.1, 0.15) is 6.42 Å². The molecule has 0 aromatic heterocycles. The lowest BCUT2D eigenvalue weighted by molar-refractivity contribution is -0.120. The molecule has 0 fully saturated rings. The van der Waals surface area contributed by atoms with Crippen molar-refractivity contribution in [2.24, 2.45) is 0 Å². The van der Waals surface area contributed by atoms with Gasteiger partial charge in [0, 0.05) is 25.0 Å². The van der Waals surface area contributed by atoms with Crippen LogP contribution in [-0.2, 0) is 9.36 Å². The Hall–Kier alpha value is 0.320. The van der Waals surface area contributed by atoms with E-state index in [0.29, 0.717) is 23.7 Å². The van der Waals surface area contributed by atoms with E-state index >= 15 is 0 Å². The third-order valence-electron chi connectivity index (χ3n) is 2.12. The molecular formula is C8H20NO4PS2. The average molecular weight is 289 g/mol. The van der Waals surface area contributed by atoms with E-state index in [9.17, 15) is 9.36 Å². The van der Waals surface area contributed by atoms with Gasteiger partial charge in [0.2, 0.25) is 5.91 Å². The third-order valence-corrected chi connectivity index (χ3v) is 10.3. The van der Waals surface area contributed by atoms with E-state index in [1.807, 2.05) is 0 Å². The monoisotopic (exact) mass is 289 g/mol. The first-order valence-electron chi connectivity index (χ1n) is 4.76. The van der Waals surface area contributed by atoms with Crippen molar-refractivity contribution >= 4 is 34.1 Å². The van der Waals surface area contributed by atoms with Crippen LogP contribution in [0.2, 0.25) is 0 Å². The third kappa shape index (κ3) is 6.15. The summed E-state index contributed by atoms with van der Waals surface area (Å²) in [6, 6.07) is 0. The Morgan fingerprint density at radius 2 is 1.94 bits per heavy atom. The Labute approximate surface area is 102 Å². The Balaban J connectivity index is 3.75. The number of nitrogens with one attached hydrogen (secondary N) is 1. The molecule has 1 amide bonds. The molecule has 0 rings (SSSR count). The fourth-order valence-electron chi connectivity index (χ4n) is 0.774. The number of rotatable bonds is 7. The maximum absolute atomic E-state index is 11.1. The SMILES string of the molecule is CNC(=O)CCSCCS(C)(C)P(=O)(O)O. The lowest BCUT2D eigenvalue weighted by atomic mass is 10.5. The van der Waals surface area contributed by atoms with Crippen LogP contribution >= 0.6 is 28.2 Å². The fourth-order valence-corrected chi connectivity index (χ4v) is 5.03. The predicted molar refractivity (Wildman–Crippen MR) is 72.4 cm³/mol. The molecule has 0 radical (unpaired) electrons. The molecular weight excluding hydrogens is 269 g/mol. The highest BCUT2D eigenvalue weighted by atomic mass is 32.8. The minimum Gasteiger partial charge on any atom is -0.359 e. The minimum absolute atomic E-state index is 0.00547. The van der Waals surface area contributed by atoms with Crippen molar-refractivity contribution in [3.05, 3.63) is 0 Å². The van der Waals surface area contributed by atoms with Gasteiger partial charge in [-0.1, -0.05) is 0 Å². The summed E-state index contributed by atoms with van der Waals surface area (Å²) in [5.41, 5.74) is 0. The standard InChI is InChI=1S/C8H20NO4PS2/c1-9-8(10)4-5-15-6-7-16(2,3)14(11,12)13/h4-7H2,1-3H3,(H,9,10)(H2,11,12,13). The summed E-state index contributed by atoms with van der Waals surface area (Å²) in [5, 5.41) is 2.52. The summed E-state index contributed by atoms with van der Waals surface area (Å²) in [6.07, 6.45) is 3.74. The molecule has 16 heavy (non-hydrogen) atoms. The topological polar surface area (TPSA) is 86.6 Å². The largest absolute Gasteiger partial charge is 0.366 e. The van der Waals surface area contributed by atoms with Crippen LogP contribution in [0.3, 0.4) is 0 Å². The van der Waals surface area contributed by atoms with Gasteiger partial charge in [-0.15, -0.1) is 9.65 Å². The zero-order chi connectivity index (χ0) is 12.8. The van der Waals surface area contributed by atoms with Crippen molar-refractivity contribution in [3.63, 3.8) is 0 Å². The van der Waals surface area contributed by atoms with Gasteiger partial charge < -0.3 is 15.1 Å². The zero-order valence-electron chi connectivity index (χ0n) is 9.80. The number of hydrogen-bond acceptors (Lipinski definition) is 3. The Morgan fingerprint density at radius 3 is 2.38 bits per heavy atom. The minimum atomic E-state index is -3.95. The van der Waals surface area contributed by atoms with E-state index in [0.717, 1.165) is 0 Å². The van der Waals surface area contributed by atoms with Crippen LogP contribution in [0.15, 0.2) is 0 Å². The van der Waals surface area contributed by atoms with Crippen LogP contribution in [0.4, 0.5) is 0 Å². The molecule has 0 aliphatic heterocycles. The summed E-state index contributed by atoms with van der Waals surface area (Å²) >= 11 is 1.56. The van der Waals surface area contributed by atoms with Crippen LogP contribution < -0.4 is 5.32 Å². The molecule has 0 aromatic carbocycles. The second-order valence-corrected chi connectivity index (χ2v) is 13.7. The van der Waals surface area contributed by atoms with Gasteiger partial charge in [-0.3, -0.25) is 4.79 Å². The molecule has 0 aromatic rings. The van der Waals surface area contributed by atoms with Crippen LogP contribution in [0.25, 0.3) is 0 Å². The van der Waals surface area contributed by atoms with E-state index in [1.54, 1.807) is 31.3 Å². The van der Waals surface area contributed by atoms with Crippen LogP contribution in [0, 0.1) is 0 Å². The van der Waals surface area contributed by atoms with E-state index in [1.165, 1.54) is 0 Å². The number of carbonyl (C=O) groups excluding carboxylic acids is 1. The smallest absolute Gasteiger partial charge is 0.359 e. The number of amides is 1. The second kappa shape index (κ2) is 6.91. The molecule has 0 spiro atoms. The van der Waals surface area contributed by atoms with Crippen molar-refractivity contribution in [2.45, 2.75) is 6.42 Å². The fraction of sp³-hybridized carbons (Fsp3) is 0.875. The average Bonchev–Trinajstić information content (AvgIpc) is 2.15. The summed E-state index contributed by atoms with van der Waals surface area (Å²) < 4.78 is 11.1. The van der Waals surface area contributed by atoms with Gasteiger partial charge >= 0.3 is 6.80 Å². The molecule has 3 N–H and O–H groups in total. The van der Waals surface area contributed by atoms with Gasteiger partial charge in [-0.2, -0.15) is 11.8 Å². The van der Waals surface area contributed by atoms with Crippen LogP contribution in [0.5, 0.6) is 0 Å². The molecule has 0 atom stereocenters. The van der Waals surface area contributed by atoms with E-state index in [4.69, 9.17) is 9.79 Å². The molecule has 0 heterocycles. The van der Waals surface area contributed by atoms with Crippen molar-refractivity contribution in [3.8, 4) is 0 Å². The molecule has 0 bridgehead atoms. The Kier molecular flexibility index (Phi) is 7.05. The summed E-state index contributed by atoms with van der Waals surface area (Å²) in [4.78, 5) is 29.1. The number of thioether (sulfide) groups is 1. The number of carbonyl (C=O) groups is 1. The second-order valence-electron chi connectivity index (χ2n) is 3.71. The van der Waals surface area contributed by atoms with Crippen molar-refractivity contribution in [1.82, 2.24) is 5.32 Å². The first-order valence-corrected chi connectivity index (χ1v) is 10.7. The highest BCUT2D eigenvalue weighted by Crippen LogP contribution is 2.72. The highest BCUT2D eigenvalue weighted by molar-refractivity contribution is 8.76. The van der Waals surface area contributed by atoms with Gasteiger partial charge in [0.15, 0.2) is 0 Å². The molecule has 0 unspecified atom stereocenters. The van der Waals surface area contributed by atoms with Gasteiger partial charge in [-0.05, 0) is 18.3 Å². The maximum atomic E-state index is 11.1. The lowest BCUT2D eigenvalue weighted by Gasteiger charge is -2.31. The van der Waals surface area contributed by atoms with E-state index in [-0.39, 0.29) is 5.91 Å². The molecule has 0 aliphatic carbocycles. The molecule has 98 valence electrons. The van der Waals surface area contributed by atoms with Crippen molar-refractivity contribution < 1.29 is 19.1 Å². The summed E-state index contributed by atoms with van der Waals surface area (Å²) in [5.74, 6) is 1.89. The molecule has 0 saturated carbocycles. The lowest BCUT2D eigenvalue weighted by Crippen LogP contribution is -2.18. The van der Waals surface area contributed by atoms with Gasteiger partial charge in [0.1, 0.15) is 0 Å². The number of hydrogen-bond donors (Lipinski definition) is 3. The van der Waals surface area contributed by atoms with Gasteiger partial charge in [0.05, 0.1) is 0 Å². The van der Waals surface area contributed by atoms with Gasteiger partial charge in [-0.25, -0.2) is 4.57 Å². The summed E-state index contributed by atoms with van der Waals surface area (Å²) in [7, 11) is -0.267. The first-order chi connectivity index (χ1) is 7.20. The van der Waals surface area contributed by atoms with Gasteiger partial charge in [0.25, 0.3) is 0 Å². The van der Waals surface area contributed by atoms with Crippen molar-refractivity contribution in [1.29, 1.82) is 0 Å². The normalized spacial score (nSPS) is 13.6. The molecule has 8 heteroatoms. The highest BCUT2D eigenvalue weighted by Gasteiger charge is 2.31. The van der Waals surface area contributed by atoms with Crippen molar-refractivity contribution in [2.75, 3.05) is 36.8 Å². The zero-order valence-corrected chi connectivity index (χ0v) is 12.3. The van der Waals surface area contributed by atoms with E-state index in [2.05, 4.69) is 5.32 Å². The Morgan fingerprint density at radius 1 is 1.38 bits per heavy atom. The summed E-state index contributed by atoms with van der Waals surface area (Å²) in [6.45, 7) is -3.95. The first kappa shape index (κ1) is 16.3. The molecule has 0 saturated heterocycles.